The van der Waals surface area contributed by atoms with Crippen LogP contribution in [-0.2, 0) is 4.74 Å². The van der Waals surface area contributed by atoms with Crippen LogP contribution in [0.1, 0.15) is 17.3 Å². The maximum Gasteiger partial charge on any atom is 0.345 e. The smallest absolute Gasteiger partial charge is 0.345 e. The molecule has 0 unspecified atom stereocenters. The number of pyridine rings is 1. The molecule has 0 bridgehead atoms. The summed E-state index contributed by atoms with van der Waals surface area (Å²) in [5, 5.41) is 4.35. The molecule has 0 amide bonds. The fraction of sp³-hybridized carbons (Fsp3) is 0.200. The molecule has 16 heavy (non-hydrogen) atoms. The zero-order valence-corrected chi connectivity index (χ0v) is 9.95. The maximum atomic E-state index is 11.6. The predicted molar refractivity (Wildman–Crippen MR) is 63.4 cm³/mol. The Morgan fingerprint density at radius 2 is 2.31 bits per heavy atom. The lowest BCUT2D eigenvalue weighted by Crippen LogP contribution is -2.20. The highest BCUT2D eigenvalue weighted by Gasteiger charge is 2.19. The van der Waals surface area contributed by atoms with E-state index in [1.54, 1.807) is 17.7 Å². The van der Waals surface area contributed by atoms with E-state index in [0.717, 1.165) is 0 Å². The van der Waals surface area contributed by atoms with Gasteiger partial charge in [-0.15, -0.1) is 11.3 Å². The standard InChI is InChI=1S/C10H8ClNO3S/c1-2-15-10(14)7-8(11)5-3-16-4-6(5)12-9(7)13/h3-4H,2H2,1H3,(H,12,13). The Hall–Kier alpha value is -1.33. The minimum absolute atomic E-state index is 0.130. The first-order valence-electron chi connectivity index (χ1n) is 4.60. The number of hydrogen-bond donors (Lipinski definition) is 1. The normalized spacial score (nSPS) is 10.6. The average molecular weight is 258 g/mol. The number of carbonyl (C=O) groups excluding carboxylic acids is 1. The molecule has 6 heteroatoms. The van der Waals surface area contributed by atoms with Crippen LogP contribution in [0, 0.1) is 0 Å². The summed E-state index contributed by atoms with van der Waals surface area (Å²) in [5.41, 5.74) is -0.0168. The molecule has 0 aliphatic carbocycles. The summed E-state index contributed by atoms with van der Waals surface area (Å²) in [6.07, 6.45) is 0. The number of rotatable bonds is 2. The van der Waals surface area contributed by atoms with Crippen LogP contribution in [-0.4, -0.2) is 17.6 Å². The van der Waals surface area contributed by atoms with Gasteiger partial charge in [-0.2, -0.15) is 0 Å². The monoisotopic (exact) mass is 257 g/mol. The Bertz CT molecular complexity index is 602. The van der Waals surface area contributed by atoms with Crippen LogP contribution < -0.4 is 5.56 Å². The first-order chi connectivity index (χ1) is 7.65. The van der Waals surface area contributed by atoms with Gasteiger partial charge in [-0.05, 0) is 6.92 Å². The molecule has 0 aliphatic rings. The Kier molecular flexibility index (Phi) is 2.98. The summed E-state index contributed by atoms with van der Waals surface area (Å²) in [5.74, 6) is -0.693. The number of fused-ring (bicyclic) bond motifs is 1. The molecule has 1 N–H and O–H groups in total. The highest BCUT2D eigenvalue weighted by atomic mass is 35.5. The Morgan fingerprint density at radius 1 is 1.56 bits per heavy atom. The number of esters is 1. The second kappa shape index (κ2) is 4.27. The molecular weight excluding hydrogens is 250 g/mol. The van der Waals surface area contributed by atoms with E-state index in [4.69, 9.17) is 16.3 Å². The summed E-state index contributed by atoms with van der Waals surface area (Å²) >= 11 is 7.41. The van der Waals surface area contributed by atoms with Gasteiger partial charge in [-0.1, -0.05) is 11.6 Å². The van der Waals surface area contributed by atoms with Crippen molar-refractivity contribution >= 4 is 39.8 Å². The number of halogens is 1. The molecule has 0 atom stereocenters. The van der Waals surface area contributed by atoms with Crippen molar-refractivity contribution in [2.45, 2.75) is 6.92 Å². The second-order valence-electron chi connectivity index (χ2n) is 3.06. The quantitative estimate of drug-likeness (QED) is 0.841. The molecular formula is C10H8ClNO3S. The first kappa shape index (κ1) is 11.2. The van der Waals surface area contributed by atoms with Gasteiger partial charge < -0.3 is 9.72 Å². The van der Waals surface area contributed by atoms with Crippen LogP contribution in [0.25, 0.3) is 10.9 Å². The molecule has 84 valence electrons. The summed E-state index contributed by atoms with van der Waals surface area (Å²) < 4.78 is 4.78. The van der Waals surface area contributed by atoms with Crippen molar-refractivity contribution in [1.29, 1.82) is 0 Å². The van der Waals surface area contributed by atoms with E-state index in [9.17, 15) is 9.59 Å². The number of ether oxygens (including phenoxy) is 1. The fourth-order valence-electron chi connectivity index (χ4n) is 1.37. The summed E-state index contributed by atoms with van der Waals surface area (Å²) in [4.78, 5) is 25.7. The van der Waals surface area contributed by atoms with Gasteiger partial charge in [0.05, 0.1) is 17.1 Å². The molecule has 0 saturated heterocycles. The Labute approximate surface area is 99.8 Å². The first-order valence-corrected chi connectivity index (χ1v) is 5.92. The van der Waals surface area contributed by atoms with Crippen LogP contribution in [0.4, 0.5) is 0 Å². The van der Waals surface area contributed by atoms with Gasteiger partial charge in [0, 0.05) is 16.1 Å². The third-order valence-electron chi connectivity index (χ3n) is 2.07. The van der Waals surface area contributed by atoms with E-state index in [1.165, 1.54) is 11.3 Å². The van der Waals surface area contributed by atoms with Crippen molar-refractivity contribution in [2.75, 3.05) is 6.61 Å². The number of nitrogens with one attached hydrogen (secondary N) is 1. The third-order valence-corrected chi connectivity index (χ3v) is 3.21. The summed E-state index contributed by atoms with van der Waals surface area (Å²) in [6, 6.07) is 0. The van der Waals surface area contributed by atoms with Gasteiger partial charge in [-0.25, -0.2) is 4.79 Å². The number of aromatic nitrogens is 1. The average Bonchev–Trinajstić information content (AvgIpc) is 2.66. The van der Waals surface area contributed by atoms with Crippen LogP contribution >= 0.6 is 22.9 Å². The SMILES string of the molecule is CCOC(=O)c1c(Cl)c2cscc2[nH]c1=O. The van der Waals surface area contributed by atoms with Crippen molar-refractivity contribution in [3.63, 3.8) is 0 Å². The van der Waals surface area contributed by atoms with Gasteiger partial charge in [0.2, 0.25) is 0 Å². The minimum Gasteiger partial charge on any atom is -0.462 e. The van der Waals surface area contributed by atoms with Gasteiger partial charge in [0.25, 0.3) is 5.56 Å². The summed E-state index contributed by atoms with van der Waals surface area (Å²) in [6.45, 7) is 1.87. The largest absolute Gasteiger partial charge is 0.462 e. The van der Waals surface area contributed by atoms with Crippen molar-refractivity contribution in [2.24, 2.45) is 0 Å². The number of hydrogen-bond acceptors (Lipinski definition) is 4. The Morgan fingerprint density at radius 3 is 3.00 bits per heavy atom. The van der Waals surface area contributed by atoms with Gasteiger partial charge >= 0.3 is 5.97 Å². The minimum atomic E-state index is -0.693. The lowest BCUT2D eigenvalue weighted by molar-refractivity contribution is 0.0525. The second-order valence-corrected chi connectivity index (χ2v) is 4.18. The zero-order chi connectivity index (χ0) is 11.7. The molecule has 0 spiro atoms. The lowest BCUT2D eigenvalue weighted by Gasteiger charge is -2.03. The molecule has 0 aliphatic heterocycles. The van der Waals surface area contributed by atoms with Crippen LogP contribution in [0.2, 0.25) is 5.02 Å². The van der Waals surface area contributed by atoms with Gasteiger partial charge in [0.15, 0.2) is 0 Å². The molecule has 4 nitrogen and oxygen atoms in total. The highest BCUT2D eigenvalue weighted by Crippen LogP contribution is 2.26. The number of H-pyrrole nitrogens is 1. The van der Waals surface area contributed by atoms with Crippen molar-refractivity contribution in [3.05, 3.63) is 31.7 Å². The molecule has 2 aromatic rings. The molecule has 2 heterocycles. The number of carbonyl (C=O) groups is 1. The third kappa shape index (κ3) is 1.72. The predicted octanol–water partition coefficient (Wildman–Crippen LogP) is 2.42. The van der Waals surface area contributed by atoms with Gasteiger partial charge in [0.1, 0.15) is 5.56 Å². The van der Waals surface area contributed by atoms with E-state index in [1.807, 2.05) is 0 Å². The molecule has 0 saturated carbocycles. The fourth-order valence-corrected chi connectivity index (χ4v) is 2.52. The number of thiophene rings is 1. The van der Waals surface area contributed by atoms with Crippen LogP contribution in [0.15, 0.2) is 15.6 Å². The summed E-state index contributed by atoms with van der Waals surface area (Å²) in [7, 11) is 0. The van der Waals surface area contributed by atoms with Gasteiger partial charge in [-0.3, -0.25) is 4.79 Å². The Balaban J connectivity index is 2.68. The lowest BCUT2D eigenvalue weighted by atomic mass is 10.2. The molecule has 2 aromatic heterocycles. The zero-order valence-electron chi connectivity index (χ0n) is 8.37. The van der Waals surface area contributed by atoms with Crippen molar-refractivity contribution in [3.8, 4) is 0 Å². The highest BCUT2D eigenvalue weighted by molar-refractivity contribution is 7.09. The van der Waals surface area contributed by atoms with Crippen molar-refractivity contribution < 1.29 is 9.53 Å². The molecule has 0 fully saturated rings. The van der Waals surface area contributed by atoms with E-state index in [0.29, 0.717) is 10.9 Å². The van der Waals surface area contributed by atoms with Crippen molar-refractivity contribution in [1.82, 2.24) is 4.98 Å². The van der Waals surface area contributed by atoms with Crippen LogP contribution in [0.3, 0.4) is 0 Å². The van der Waals surface area contributed by atoms with Crippen LogP contribution in [0.5, 0.6) is 0 Å². The van der Waals surface area contributed by atoms with E-state index in [2.05, 4.69) is 4.98 Å². The van der Waals surface area contributed by atoms with E-state index < -0.39 is 11.5 Å². The number of aromatic amines is 1. The van der Waals surface area contributed by atoms with E-state index >= 15 is 0 Å². The maximum absolute atomic E-state index is 11.6. The molecule has 0 radical (unpaired) electrons. The van der Waals surface area contributed by atoms with E-state index in [-0.39, 0.29) is 17.2 Å². The topological polar surface area (TPSA) is 59.2 Å². The molecule has 0 aromatic carbocycles. The molecule has 2 rings (SSSR count).